The fraction of sp³-hybridized carbons (Fsp3) is 0.522. The van der Waals surface area contributed by atoms with Crippen LogP contribution in [0.15, 0.2) is 41.8 Å². The van der Waals surface area contributed by atoms with Crippen molar-refractivity contribution >= 4 is 16.1 Å². The Labute approximate surface area is 201 Å². The van der Waals surface area contributed by atoms with Crippen molar-refractivity contribution < 1.29 is 23.1 Å². The number of aliphatic hydroxyl groups is 1. The zero-order valence-corrected chi connectivity index (χ0v) is 20.8. The van der Waals surface area contributed by atoms with E-state index in [1.165, 1.54) is 16.7 Å². The molecule has 2 amide bonds. The molecule has 0 saturated carbocycles. The molecule has 1 aliphatic heterocycles. The third kappa shape index (κ3) is 5.65. The summed E-state index contributed by atoms with van der Waals surface area (Å²) in [4.78, 5) is 22.1. The number of benzene rings is 1. The number of hydrogen-bond donors (Lipinski definition) is 2. The average Bonchev–Trinajstić information content (AvgIpc) is 2.84. The average molecular weight is 492 g/mol. The molecule has 3 rings (SSSR count). The highest BCUT2D eigenvalue weighted by atomic mass is 32.2. The number of ether oxygens (including phenoxy) is 1. The van der Waals surface area contributed by atoms with Crippen LogP contribution >= 0.6 is 0 Å². The number of amides is 2. The quantitative estimate of drug-likeness (QED) is 0.607. The molecule has 0 radical (unpaired) electrons. The van der Waals surface area contributed by atoms with Crippen LogP contribution in [0, 0.1) is 5.92 Å². The molecule has 1 aliphatic rings. The van der Waals surface area contributed by atoms with Gasteiger partial charge in [0.1, 0.15) is 23.1 Å². The monoisotopic (exact) mass is 491 g/mol. The minimum atomic E-state index is -3.94. The van der Waals surface area contributed by atoms with Crippen molar-refractivity contribution in [3.05, 3.63) is 36.9 Å². The van der Waals surface area contributed by atoms with E-state index in [4.69, 9.17) is 4.74 Å². The second-order valence-corrected chi connectivity index (χ2v) is 10.5. The van der Waals surface area contributed by atoms with E-state index in [9.17, 15) is 18.3 Å². The zero-order chi connectivity index (χ0) is 24.9. The maximum absolute atomic E-state index is 13.6. The Kier molecular flexibility index (Phi) is 8.45. The third-order valence-electron chi connectivity index (χ3n) is 5.89. The van der Waals surface area contributed by atoms with Gasteiger partial charge < -0.3 is 20.1 Å². The van der Waals surface area contributed by atoms with Gasteiger partial charge in [-0.25, -0.2) is 23.2 Å². The van der Waals surface area contributed by atoms with Crippen LogP contribution < -0.4 is 10.1 Å². The van der Waals surface area contributed by atoms with Crippen LogP contribution in [0.25, 0.3) is 11.1 Å². The number of sulfonamides is 1. The number of urea groups is 1. The molecule has 2 N–H and O–H groups in total. The normalized spacial score (nSPS) is 20.9. The molecule has 1 aromatic heterocycles. The predicted molar refractivity (Wildman–Crippen MR) is 128 cm³/mol. The van der Waals surface area contributed by atoms with Gasteiger partial charge in [-0.15, -0.1) is 0 Å². The second-order valence-electron chi connectivity index (χ2n) is 8.64. The smallest absolute Gasteiger partial charge is 0.317 e. The lowest BCUT2D eigenvalue weighted by molar-refractivity contribution is 0.0813. The topological polar surface area (TPSA) is 125 Å². The first-order chi connectivity index (χ1) is 16.2. The molecule has 0 bridgehead atoms. The summed E-state index contributed by atoms with van der Waals surface area (Å²) in [5, 5.41) is 12.6. The van der Waals surface area contributed by atoms with E-state index in [0.29, 0.717) is 12.1 Å². The van der Waals surface area contributed by atoms with Crippen LogP contribution in [0.3, 0.4) is 0 Å². The van der Waals surface area contributed by atoms with Gasteiger partial charge in [-0.1, -0.05) is 19.9 Å². The van der Waals surface area contributed by atoms with Crippen LogP contribution in [0.1, 0.15) is 27.2 Å². The number of carbonyl (C=O) groups excluding carboxylic acids is 1. The summed E-state index contributed by atoms with van der Waals surface area (Å²) < 4.78 is 34.7. The highest BCUT2D eigenvalue weighted by Gasteiger charge is 2.38. The molecule has 10 nitrogen and oxygen atoms in total. The van der Waals surface area contributed by atoms with Gasteiger partial charge in [0.05, 0.1) is 13.2 Å². The Morgan fingerprint density at radius 3 is 2.68 bits per heavy atom. The number of nitrogens with one attached hydrogen (secondary N) is 1. The van der Waals surface area contributed by atoms with Crippen molar-refractivity contribution in [2.24, 2.45) is 5.92 Å². The van der Waals surface area contributed by atoms with Crippen molar-refractivity contribution in [3.8, 4) is 16.9 Å². The van der Waals surface area contributed by atoms with Crippen LogP contribution in [-0.4, -0.2) is 84.2 Å². The molecular formula is C23H33N5O5S. The van der Waals surface area contributed by atoms with Crippen molar-refractivity contribution in [1.29, 1.82) is 0 Å². The third-order valence-corrected chi connectivity index (χ3v) is 7.91. The highest BCUT2D eigenvalue weighted by molar-refractivity contribution is 7.89. The van der Waals surface area contributed by atoms with E-state index in [0.717, 1.165) is 12.0 Å². The molecule has 11 heteroatoms. The summed E-state index contributed by atoms with van der Waals surface area (Å²) in [6, 6.07) is 4.02. The first kappa shape index (κ1) is 25.9. The number of hydrogen-bond acceptors (Lipinski definition) is 7. The highest BCUT2D eigenvalue weighted by Crippen LogP contribution is 2.36. The first-order valence-corrected chi connectivity index (χ1v) is 12.8. The summed E-state index contributed by atoms with van der Waals surface area (Å²) in [6.07, 6.45) is 5.03. The molecule has 0 fully saturated rings. The van der Waals surface area contributed by atoms with E-state index in [1.807, 2.05) is 13.8 Å². The zero-order valence-electron chi connectivity index (χ0n) is 20.0. The molecule has 2 heterocycles. The van der Waals surface area contributed by atoms with Crippen molar-refractivity contribution in [1.82, 2.24) is 24.5 Å². The molecular weight excluding hydrogens is 458 g/mol. The van der Waals surface area contributed by atoms with Gasteiger partial charge in [0, 0.05) is 50.1 Å². The Hall–Kier alpha value is -2.76. The van der Waals surface area contributed by atoms with Gasteiger partial charge in [0.2, 0.25) is 10.0 Å². The van der Waals surface area contributed by atoms with Gasteiger partial charge >= 0.3 is 6.03 Å². The number of aliphatic hydroxyl groups excluding tert-OH is 1. The number of likely N-dealkylation sites (N-methyl/N-ethyl adjacent to an activating group) is 1. The largest absolute Gasteiger partial charge is 0.487 e. The molecule has 0 saturated heterocycles. The fourth-order valence-electron chi connectivity index (χ4n) is 3.79. The van der Waals surface area contributed by atoms with Crippen LogP contribution in [0.5, 0.6) is 5.75 Å². The summed E-state index contributed by atoms with van der Waals surface area (Å²) in [7, 11) is -2.26. The number of rotatable bonds is 7. The van der Waals surface area contributed by atoms with Crippen LogP contribution in [0.2, 0.25) is 0 Å². The maximum atomic E-state index is 13.6. The maximum Gasteiger partial charge on any atom is 0.317 e. The van der Waals surface area contributed by atoms with E-state index in [2.05, 4.69) is 15.3 Å². The summed E-state index contributed by atoms with van der Waals surface area (Å²) in [5.41, 5.74) is 1.42. The lowest BCUT2D eigenvalue weighted by Gasteiger charge is -2.37. The summed E-state index contributed by atoms with van der Waals surface area (Å²) in [6.45, 7) is 6.19. The van der Waals surface area contributed by atoms with Gasteiger partial charge in [-0.2, -0.15) is 4.31 Å². The first-order valence-electron chi connectivity index (χ1n) is 11.4. The number of fused-ring (bicyclic) bond motifs is 1. The molecule has 2 aromatic rings. The Balaban J connectivity index is 2.04. The summed E-state index contributed by atoms with van der Waals surface area (Å²) in [5.74, 6) is -0.0718. The lowest BCUT2D eigenvalue weighted by Crippen LogP contribution is -2.51. The van der Waals surface area contributed by atoms with Crippen molar-refractivity contribution in [3.63, 3.8) is 0 Å². The fourth-order valence-corrected chi connectivity index (χ4v) is 5.62. The summed E-state index contributed by atoms with van der Waals surface area (Å²) >= 11 is 0. The number of aromatic nitrogens is 2. The van der Waals surface area contributed by atoms with Gasteiger partial charge in [0.25, 0.3) is 0 Å². The van der Waals surface area contributed by atoms with Gasteiger partial charge in [-0.05, 0) is 31.0 Å². The molecule has 186 valence electrons. The van der Waals surface area contributed by atoms with Gasteiger partial charge in [-0.3, -0.25) is 0 Å². The number of carbonyl (C=O) groups is 1. The minimum Gasteiger partial charge on any atom is -0.487 e. The molecule has 0 unspecified atom stereocenters. The van der Waals surface area contributed by atoms with E-state index in [-0.39, 0.29) is 42.3 Å². The standard InChI is InChI=1S/C23H33N5O5S/c1-5-8-26-23(30)27(4)13-21-16(2)12-28(17(3)14-29)34(31,32)22-7-6-18(9-20(22)33-21)19-10-24-15-25-11-19/h6-7,9-11,15-17,21,29H,5,8,12-14H2,1-4H3,(H,26,30)/t16-,17-,21+/m1/s1. The van der Waals surface area contributed by atoms with Crippen molar-refractivity contribution in [2.75, 3.05) is 33.3 Å². The second kappa shape index (κ2) is 11.1. The van der Waals surface area contributed by atoms with Crippen LogP contribution in [0.4, 0.5) is 4.79 Å². The van der Waals surface area contributed by atoms with Crippen LogP contribution in [-0.2, 0) is 10.0 Å². The molecule has 0 aliphatic carbocycles. The SMILES string of the molecule is CCCNC(=O)N(C)C[C@@H]1Oc2cc(-c3cncnc3)ccc2S(=O)(=O)N([C@H](C)CO)C[C@H]1C. The van der Waals surface area contributed by atoms with Crippen molar-refractivity contribution in [2.45, 2.75) is 44.2 Å². The molecule has 3 atom stereocenters. The minimum absolute atomic E-state index is 0.0170. The Bertz CT molecular complexity index is 1080. The number of nitrogens with zero attached hydrogens (tertiary/aromatic N) is 4. The Morgan fingerprint density at radius 1 is 1.32 bits per heavy atom. The van der Waals surface area contributed by atoms with Gasteiger partial charge in [0.15, 0.2) is 0 Å². The van der Waals surface area contributed by atoms with E-state index < -0.39 is 22.2 Å². The molecule has 34 heavy (non-hydrogen) atoms. The lowest BCUT2D eigenvalue weighted by atomic mass is 10.0. The van der Waals surface area contributed by atoms with E-state index in [1.54, 1.807) is 43.4 Å². The van der Waals surface area contributed by atoms with E-state index >= 15 is 0 Å². The molecule has 0 spiro atoms. The molecule has 1 aromatic carbocycles. The Morgan fingerprint density at radius 2 is 2.03 bits per heavy atom. The predicted octanol–water partition coefficient (Wildman–Crippen LogP) is 1.96.